The Morgan fingerprint density at radius 1 is 1.05 bits per heavy atom. The number of carbonyl (C=O) groups is 1. The molecule has 3 nitrogen and oxygen atoms in total. The van der Waals surface area contributed by atoms with Crippen LogP contribution in [0.15, 0.2) is 54.7 Å². The van der Waals surface area contributed by atoms with E-state index in [2.05, 4.69) is 17.1 Å². The van der Waals surface area contributed by atoms with Crippen LogP contribution in [-0.4, -0.2) is 16.1 Å². The third kappa shape index (κ3) is 1.77. The van der Waals surface area contributed by atoms with E-state index in [1.54, 1.807) is 0 Å². The van der Waals surface area contributed by atoms with E-state index in [4.69, 9.17) is 0 Å². The zero-order chi connectivity index (χ0) is 14.4. The molecule has 0 amide bonds. The predicted molar refractivity (Wildman–Crippen MR) is 82.3 cm³/mol. The normalized spacial score (nSPS) is 16.0. The molecule has 1 aliphatic rings. The van der Waals surface area contributed by atoms with Crippen LogP contribution in [0.4, 0.5) is 0 Å². The molecule has 4 rings (SSSR count). The van der Waals surface area contributed by atoms with Gasteiger partial charge < -0.3 is 10.1 Å². The average molecular weight is 277 g/mol. The second-order valence-electron chi connectivity index (χ2n) is 5.71. The Balaban J connectivity index is 1.76. The maximum absolute atomic E-state index is 11.4. The second kappa shape index (κ2) is 4.22. The molecule has 3 heteroatoms. The quantitative estimate of drug-likeness (QED) is 0.761. The van der Waals surface area contributed by atoms with Crippen molar-refractivity contribution in [3.63, 3.8) is 0 Å². The molecule has 0 aliphatic heterocycles. The summed E-state index contributed by atoms with van der Waals surface area (Å²) in [5.41, 5.74) is 3.66. The van der Waals surface area contributed by atoms with Gasteiger partial charge in [-0.05, 0) is 30.0 Å². The summed E-state index contributed by atoms with van der Waals surface area (Å²) in [6.45, 7) is 0. The summed E-state index contributed by atoms with van der Waals surface area (Å²) in [4.78, 5) is 14.6. The van der Waals surface area contributed by atoms with E-state index < -0.39 is 11.4 Å². The molecular weight excluding hydrogens is 262 g/mol. The lowest BCUT2D eigenvalue weighted by Gasteiger charge is -2.10. The highest BCUT2D eigenvalue weighted by atomic mass is 16.4. The number of nitrogens with one attached hydrogen (secondary N) is 1. The Hall–Kier alpha value is -2.55. The van der Waals surface area contributed by atoms with Crippen molar-refractivity contribution >= 4 is 16.9 Å². The van der Waals surface area contributed by atoms with E-state index in [1.165, 1.54) is 5.39 Å². The Kier molecular flexibility index (Phi) is 2.45. The monoisotopic (exact) mass is 277 g/mol. The molecule has 2 N–H and O–H groups in total. The molecule has 0 unspecified atom stereocenters. The van der Waals surface area contributed by atoms with Gasteiger partial charge in [-0.15, -0.1) is 0 Å². The van der Waals surface area contributed by atoms with Crippen LogP contribution in [0.3, 0.4) is 0 Å². The molecule has 21 heavy (non-hydrogen) atoms. The van der Waals surface area contributed by atoms with Gasteiger partial charge in [0.1, 0.15) is 0 Å². The number of carboxylic acid groups (broad SMARTS) is 1. The van der Waals surface area contributed by atoms with E-state index in [1.807, 2.05) is 42.6 Å². The Morgan fingerprint density at radius 3 is 2.43 bits per heavy atom. The van der Waals surface area contributed by atoms with E-state index in [9.17, 15) is 9.90 Å². The first-order chi connectivity index (χ1) is 10.2. The van der Waals surface area contributed by atoms with Gasteiger partial charge in [-0.1, -0.05) is 42.5 Å². The van der Waals surface area contributed by atoms with Gasteiger partial charge in [-0.3, -0.25) is 4.79 Å². The highest BCUT2D eigenvalue weighted by Crippen LogP contribution is 2.48. The molecule has 0 spiro atoms. The predicted octanol–water partition coefficient (Wildman–Crippen LogP) is 3.95. The number of aromatic nitrogens is 1. The number of H-pyrrole nitrogens is 1. The SMILES string of the molecule is O=C(O)C1(c2ccc(-c3c[nH]c4ccccc34)cc2)CC1. The highest BCUT2D eigenvalue weighted by molar-refractivity contribution is 5.95. The molecule has 0 radical (unpaired) electrons. The minimum atomic E-state index is -0.706. The fourth-order valence-electron chi connectivity index (χ4n) is 3.03. The van der Waals surface area contributed by atoms with Crippen molar-refractivity contribution in [2.24, 2.45) is 0 Å². The number of carboxylic acids is 1. The van der Waals surface area contributed by atoms with Crippen LogP contribution < -0.4 is 0 Å². The summed E-state index contributed by atoms with van der Waals surface area (Å²) in [5.74, 6) is -0.706. The number of hydrogen-bond acceptors (Lipinski definition) is 1. The first-order valence-electron chi connectivity index (χ1n) is 7.11. The lowest BCUT2D eigenvalue weighted by Crippen LogP contribution is -2.19. The molecule has 1 aromatic heterocycles. The van der Waals surface area contributed by atoms with Crippen LogP contribution in [0.2, 0.25) is 0 Å². The van der Waals surface area contributed by atoms with Gasteiger partial charge in [0.25, 0.3) is 0 Å². The van der Waals surface area contributed by atoms with Gasteiger partial charge in [0.05, 0.1) is 5.41 Å². The van der Waals surface area contributed by atoms with Crippen molar-refractivity contribution in [3.05, 3.63) is 60.3 Å². The number of rotatable bonds is 3. The van der Waals surface area contributed by atoms with Crippen LogP contribution in [0.1, 0.15) is 18.4 Å². The fraction of sp³-hybridized carbons (Fsp3) is 0.167. The Labute approximate surface area is 122 Å². The van der Waals surface area contributed by atoms with Crippen LogP contribution in [-0.2, 0) is 10.2 Å². The molecule has 1 fully saturated rings. The summed E-state index contributed by atoms with van der Waals surface area (Å²) in [6.07, 6.45) is 3.49. The third-order valence-corrected chi connectivity index (χ3v) is 4.50. The Morgan fingerprint density at radius 2 is 1.76 bits per heavy atom. The number of hydrogen-bond donors (Lipinski definition) is 2. The van der Waals surface area contributed by atoms with Gasteiger partial charge in [0.2, 0.25) is 0 Å². The van der Waals surface area contributed by atoms with Crippen LogP contribution in [0, 0.1) is 0 Å². The number of fused-ring (bicyclic) bond motifs is 1. The van der Waals surface area contributed by atoms with Crippen molar-refractivity contribution in [1.29, 1.82) is 0 Å². The first kappa shape index (κ1) is 12.2. The summed E-state index contributed by atoms with van der Waals surface area (Å²) >= 11 is 0. The van der Waals surface area contributed by atoms with Gasteiger partial charge in [-0.2, -0.15) is 0 Å². The largest absolute Gasteiger partial charge is 0.481 e. The van der Waals surface area contributed by atoms with Crippen molar-refractivity contribution in [3.8, 4) is 11.1 Å². The van der Waals surface area contributed by atoms with E-state index in [0.717, 1.165) is 35.0 Å². The maximum Gasteiger partial charge on any atom is 0.314 e. The molecule has 0 bridgehead atoms. The van der Waals surface area contributed by atoms with Gasteiger partial charge in [0.15, 0.2) is 0 Å². The molecule has 3 aromatic rings. The second-order valence-corrected chi connectivity index (χ2v) is 5.71. The van der Waals surface area contributed by atoms with Crippen molar-refractivity contribution in [2.45, 2.75) is 18.3 Å². The summed E-state index contributed by atoms with van der Waals surface area (Å²) in [5, 5.41) is 10.5. The number of benzene rings is 2. The molecular formula is C18H15NO2. The van der Waals surface area contributed by atoms with Gasteiger partial charge >= 0.3 is 5.97 Å². The van der Waals surface area contributed by atoms with Crippen molar-refractivity contribution in [1.82, 2.24) is 4.98 Å². The Bertz CT molecular complexity index is 826. The van der Waals surface area contributed by atoms with Crippen molar-refractivity contribution < 1.29 is 9.90 Å². The van der Waals surface area contributed by atoms with E-state index >= 15 is 0 Å². The highest BCUT2D eigenvalue weighted by Gasteiger charge is 2.51. The van der Waals surface area contributed by atoms with E-state index in [-0.39, 0.29) is 0 Å². The zero-order valence-corrected chi connectivity index (χ0v) is 11.5. The zero-order valence-electron chi connectivity index (χ0n) is 11.5. The minimum Gasteiger partial charge on any atom is -0.481 e. The van der Waals surface area contributed by atoms with Crippen molar-refractivity contribution in [2.75, 3.05) is 0 Å². The molecule has 0 saturated heterocycles. The van der Waals surface area contributed by atoms with E-state index in [0.29, 0.717) is 0 Å². The van der Waals surface area contributed by atoms with Gasteiger partial charge in [0, 0.05) is 22.7 Å². The molecule has 2 aromatic carbocycles. The summed E-state index contributed by atoms with van der Waals surface area (Å²) < 4.78 is 0. The lowest BCUT2D eigenvalue weighted by molar-refractivity contribution is -0.140. The molecule has 104 valence electrons. The maximum atomic E-state index is 11.4. The number of para-hydroxylation sites is 1. The third-order valence-electron chi connectivity index (χ3n) is 4.50. The summed E-state index contributed by atoms with van der Waals surface area (Å²) in [7, 11) is 0. The first-order valence-corrected chi connectivity index (χ1v) is 7.11. The smallest absolute Gasteiger partial charge is 0.314 e. The molecule has 0 atom stereocenters. The topological polar surface area (TPSA) is 53.1 Å². The van der Waals surface area contributed by atoms with Crippen LogP contribution in [0.5, 0.6) is 0 Å². The van der Waals surface area contributed by atoms with Gasteiger partial charge in [-0.25, -0.2) is 0 Å². The van der Waals surface area contributed by atoms with Crippen LogP contribution >= 0.6 is 0 Å². The fourth-order valence-corrected chi connectivity index (χ4v) is 3.03. The lowest BCUT2D eigenvalue weighted by atomic mass is 9.94. The molecule has 1 aliphatic carbocycles. The van der Waals surface area contributed by atoms with Crippen LogP contribution in [0.25, 0.3) is 22.0 Å². The minimum absolute atomic E-state index is 0.626. The standard InChI is InChI=1S/C18H15NO2/c20-17(21)18(9-10-18)13-7-5-12(6-8-13)15-11-19-16-4-2-1-3-14(15)16/h1-8,11,19H,9-10H2,(H,20,21). The number of aliphatic carboxylic acids is 1. The molecule has 1 heterocycles. The summed E-state index contributed by atoms with van der Waals surface area (Å²) in [6, 6.07) is 16.1. The number of aromatic amines is 1. The average Bonchev–Trinajstić information content (AvgIpc) is 3.22. The molecule has 1 saturated carbocycles.